The van der Waals surface area contributed by atoms with Crippen molar-refractivity contribution in [3.63, 3.8) is 0 Å². The summed E-state index contributed by atoms with van der Waals surface area (Å²) in [4.78, 5) is 22.4. The summed E-state index contributed by atoms with van der Waals surface area (Å²) < 4.78 is 14.4. The van der Waals surface area contributed by atoms with Crippen molar-refractivity contribution < 1.29 is 23.8 Å². The molecule has 0 unspecified atom stereocenters. The second kappa shape index (κ2) is 14.1. The van der Waals surface area contributed by atoms with E-state index < -0.39 is 11.9 Å². The fraction of sp³-hybridized carbons (Fsp3) is 0.733. The van der Waals surface area contributed by atoms with E-state index in [0.29, 0.717) is 13.2 Å². The molecule has 0 aromatic carbocycles. The molecule has 116 valence electrons. The van der Waals surface area contributed by atoms with Crippen molar-refractivity contribution in [1.29, 1.82) is 0 Å². The van der Waals surface area contributed by atoms with E-state index in [1.807, 2.05) is 0 Å². The molecule has 0 heterocycles. The van der Waals surface area contributed by atoms with Crippen molar-refractivity contribution in [1.82, 2.24) is 0 Å². The lowest BCUT2D eigenvalue weighted by molar-refractivity contribution is -0.141. The minimum Gasteiger partial charge on any atom is -0.463 e. The zero-order valence-corrected chi connectivity index (χ0v) is 12.6. The number of carbonyl (C=O) groups excluding carboxylic acids is 2. The van der Waals surface area contributed by atoms with Gasteiger partial charge in [-0.3, -0.25) is 0 Å². The molecular formula is C15H26O5. The average molecular weight is 286 g/mol. The Morgan fingerprint density at radius 1 is 0.800 bits per heavy atom. The van der Waals surface area contributed by atoms with Crippen molar-refractivity contribution >= 4 is 11.9 Å². The number of ether oxygens (including phenoxy) is 3. The molecule has 0 aliphatic carbocycles. The van der Waals surface area contributed by atoms with E-state index >= 15 is 0 Å². The zero-order chi connectivity index (χ0) is 15.1. The Balaban J connectivity index is 3.50. The van der Waals surface area contributed by atoms with Crippen LogP contribution in [0.4, 0.5) is 0 Å². The molecule has 0 fully saturated rings. The average Bonchev–Trinajstić information content (AvgIpc) is 2.44. The van der Waals surface area contributed by atoms with Crippen molar-refractivity contribution in [3.05, 3.63) is 12.2 Å². The van der Waals surface area contributed by atoms with Crippen LogP contribution in [-0.2, 0) is 23.8 Å². The summed E-state index contributed by atoms with van der Waals surface area (Å²) in [6, 6.07) is 0. The van der Waals surface area contributed by atoms with Crippen molar-refractivity contribution in [2.45, 2.75) is 45.4 Å². The first-order valence-electron chi connectivity index (χ1n) is 7.21. The normalized spacial score (nSPS) is 10.7. The quantitative estimate of drug-likeness (QED) is 0.313. The Kier molecular flexibility index (Phi) is 13.1. The third kappa shape index (κ3) is 13.1. The highest BCUT2D eigenvalue weighted by Gasteiger charge is 2.00. The molecule has 5 heteroatoms. The standard InChI is InChI=1S/C15H26O5/c1-3-4-5-6-7-8-11-19-14(16)9-10-15(17)20-13-12-18-2/h9-10H,3-8,11-13H2,1-2H3/b10-9+. The lowest BCUT2D eigenvalue weighted by atomic mass is 10.1. The van der Waals surface area contributed by atoms with Gasteiger partial charge in [-0.1, -0.05) is 39.0 Å². The molecule has 0 spiro atoms. The van der Waals surface area contributed by atoms with E-state index in [0.717, 1.165) is 25.0 Å². The van der Waals surface area contributed by atoms with E-state index in [1.165, 1.54) is 32.8 Å². The SMILES string of the molecule is CCCCCCCCOC(=O)/C=C/C(=O)OCCOC. The Morgan fingerprint density at radius 3 is 1.95 bits per heavy atom. The van der Waals surface area contributed by atoms with Crippen LogP contribution in [0.1, 0.15) is 45.4 Å². The summed E-state index contributed by atoms with van der Waals surface area (Å²) in [5, 5.41) is 0. The maximum Gasteiger partial charge on any atom is 0.331 e. The van der Waals surface area contributed by atoms with Crippen molar-refractivity contribution in [2.24, 2.45) is 0 Å². The van der Waals surface area contributed by atoms with Gasteiger partial charge < -0.3 is 14.2 Å². The van der Waals surface area contributed by atoms with Gasteiger partial charge >= 0.3 is 11.9 Å². The first-order valence-corrected chi connectivity index (χ1v) is 7.21. The molecule has 0 aliphatic rings. The first kappa shape index (κ1) is 18.6. The minimum atomic E-state index is -0.571. The molecule has 0 radical (unpaired) electrons. The van der Waals surface area contributed by atoms with Gasteiger partial charge in [0.25, 0.3) is 0 Å². The number of esters is 2. The second-order valence-corrected chi connectivity index (χ2v) is 4.43. The molecule has 0 aromatic rings. The third-order valence-corrected chi connectivity index (χ3v) is 2.63. The summed E-state index contributed by atoms with van der Waals surface area (Å²) in [7, 11) is 1.52. The maximum atomic E-state index is 11.3. The molecule has 0 bridgehead atoms. The lowest BCUT2D eigenvalue weighted by Crippen LogP contribution is -2.08. The number of hydrogen-bond acceptors (Lipinski definition) is 5. The Morgan fingerprint density at radius 2 is 1.35 bits per heavy atom. The highest BCUT2D eigenvalue weighted by atomic mass is 16.6. The topological polar surface area (TPSA) is 61.8 Å². The highest BCUT2D eigenvalue weighted by Crippen LogP contribution is 2.04. The summed E-state index contributed by atoms with van der Waals surface area (Å²) in [6.45, 7) is 3.08. The monoisotopic (exact) mass is 286 g/mol. The van der Waals surface area contributed by atoms with Gasteiger partial charge in [0, 0.05) is 19.3 Å². The molecule has 20 heavy (non-hydrogen) atoms. The van der Waals surface area contributed by atoms with Crippen molar-refractivity contribution in [2.75, 3.05) is 26.9 Å². The fourth-order valence-electron chi connectivity index (χ4n) is 1.51. The number of methoxy groups -OCH3 is 1. The van der Waals surface area contributed by atoms with E-state index in [-0.39, 0.29) is 6.61 Å². The Bertz CT molecular complexity index is 286. The maximum absolute atomic E-state index is 11.3. The van der Waals surface area contributed by atoms with Crippen LogP contribution in [0, 0.1) is 0 Å². The summed E-state index contributed by atoms with van der Waals surface area (Å²) in [5.74, 6) is -1.08. The van der Waals surface area contributed by atoms with Crippen LogP contribution < -0.4 is 0 Å². The van der Waals surface area contributed by atoms with Gasteiger partial charge in [0.1, 0.15) is 6.61 Å². The zero-order valence-electron chi connectivity index (χ0n) is 12.6. The molecule has 5 nitrogen and oxygen atoms in total. The molecule has 0 saturated carbocycles. The number of hydrogen-bond donors (Lipinski definition) is 0. The number of unbranched alkanes of at least 4 members (excludes halogenated alkanes) is 5. The highest BCUT2D eigenvalue weighted by molar-refractivity contribution is 5.91. The molecule has 0 aromatic heterocycles. The fourth-order valence-corrected chi connectivity index (χ4v) is 1.51. The van der Waals surface area contributed by atoms with Crippen LogP contribution in [0.25, 0.3) is 0 Å². The van der Waals surface area contributed by atoms with Crippen LogP contribution in [0.15, 0.2) is 12.2 Å². The third-order valence-electron chi connectivity index (χ3n) is 2.63. The van der Waals surface area contributed by atoms with E-state index in [9.17, 15) is 9.59 Å². The lowest BCUT2D eigenvalue weighted by Gasteiger charge is -2.02. The van der Waals surface area contributed by atoms with Gasteiger partial charge in [0.05, 0.1) is 13.2 Å². The molecule has 0 amide bonds. The van der Waals surface area contributed by atoms with Gasteiger partial charge in [0.2, 0.25) is 0 Å². The van der Waals surface area contributed by atoms with Crippen LogP contribution >= 0.6 is 0 Å². The molecular weight excluding hydrogens is 260 g/mol. The van der Waals surface area contributed by atoms with Crippen LogP contribution in [-0.4, -0.2) is 38.9 Å². The van der Waals surface area contributed by atoms with E-state index in [4.69, 9.17) is 14.2 Å². The molecule has 0 rings (SSSR count). The van der Waals surface area contributed by atoms with Crippen LogP contribution in [0.5, 0.6) is 0 Å². The Hall–Kier alpha value is -1.36. The number of rotatable bonds is 12. The van der Waals surface area contributed by atoms with Crippen molar-refractivity contribution in [3.8, 4) is 0 Å². The van der Waals surface area contributed by atoms with Gasteiger partial charge in [-0.15, -0.1) is 0 Å². The Labute approximate surface area is 121 Å². The van der Waals surface area contributed by atoms with Crippen LogP contribution in [0.3, 0.4) is 0 Å². The molecule has 0 N–H and O–H groups in total. The first-order chi connectivity index (χ1) is 9.70. The van der Waals surface area contributed by atoms with E-state index in [2.05, 4.69) is 6.92 Å². The predicted octanol–water partition coefficient (Wildman–Crippen LogP) is 2.64. The van der Waals surface area contributed by atoms with E-state index in [1.54, 1.807) is 0 Å². The smallest absolute Gasteiger partial charge is 0.331 e. The summed E-state index contributed by atoms with van der Waals surface area (Å²) in [5.41, 5.74) is 0. The molecule has 0 aliphatic heterocycles. The van der Waals surface area contributed by atoms with Crippen LogP contribution in [0.2, 0.25) is 0 Å². The van der Waals surface area contributed by atoms with Gasteiger partial charge in [-0.2, -0.15) is 0 Å². The largest absolute Gasteiger partial charge is 0.463 e. The second-order valence-electron chi connectivity index (χ2n) is 4.43. The number of carbonyl (C=O) groups is 2. The molecule has 0 saturated heterocycles. The molecule has 0 atom stereocenters. The summed E-state index contributed by atoms with van der Waals surface area (Å²) >= 11 is 0. The van der Waals surface area contributed by atoms with Gasteiger partial charge in [-0.25, -0.2) is 9.59 Å². The minimum absolute atomic E-state index is 0.173. The summed E-state index contributed by atoms with van der Waals surface area (Å²) in [6.07, 6.45) is 8.97. The predicted molar refractivity (Wildman–Crippen MR) is 76.3 cm³/mol. The van der Waals surface area contributed by atoms with Gasteiger partial charge in [-0.05, 0) is 6.42 Å². The van der Waals surface area contributed by atoms with Gasteiger partial charge in [0.15, 0.2) is 0 Å².